The number of thiazole rings is 1. The number of amides is 1. The minimum absolute atomic E-state index is 0.0112. The van der Waals surface area contributed by atoms with Gasteiger partial charge in [0.25, 0.3) is 0 Å². The van der Waals surface area contributed by atoms with E-state index in [-0.39, 0.29) is 27.9 Å². The van der Waals surface area contributed by atoms with Crippen molar-refractivity contribution >= 4 is 40.0 Å². The van der Waals surface area contributed by atoms with Crippen LogP contribution in [-0.2, 0) is 4.79 Å². The van der Waals surface area contributed by atoms with Crippen LogP contribution < -0.4 is 15.8 Å². The Morgan fingerprint density at radius 2 is 1.74 bits per heavy atom. The van der Waals surface area contributed by atoms with Crippen LogP contribution in [0.4, 0.5) is 10.9 Å². The number of carbonyl (C=O) groups is 1. The van der Waals surface area contributed by atoms with Crippen molar-refractivity contribution in [3.05, 3.63) is 70.6 Å². The average molecular weight is 541 g/mol. The van der Waals surface area contributed by atoms with Gasteiger partial charge in [0.05, 0.1) is 23.1 Å². The number of anilines is 2. The molecule has 0 aliphatic heterocycles. The van der Waals surface area contributed by atoms with Crippen molar-refractivity contribution < 1.29 is 9.53 Å². The number of nitriles is 2. The number of nitrogens with two attached hydrogens (primary N) is 1. The lowest BCUT2D eigenvalue weighted by Gasteiger charge is -2.15. The molecule has 190 valence electrons. The predicted octanol–water partition coefficient (Wildman–Crippen LogP) is 6.02. The molecule has 2 aromatic carbocycles. The van der Waals surface area contributed by atoms with E-state index in [0.29, 0.717) is 22.9 Å². The number of rotatable bonds is 8. The SMILES string of the molecule is CCOc1ccc(-c2csc(NC(=O)C(C)Sc3nc(N)c(C#N)c(-c4ccc(C)cc4)c3C#N)n2)cc1. The Morgan fingerprint density at radius 3 is 2.37 bits per heavy atom. The van der Waals surface area contributed by atoms with Gasteiger partial charge >= 0.3 is 0 Å². The van der Waals surface area contributed by atoms with E-state index in [1.54, 1.807) is 6.92 Å². The fraction of sp³-hybridized carbons (Fsp3) is 0.179. The van der Waals surface area contributed by atoms with Gasteiger partial charge in [-0.1, -0.05) is 41.6 Å². The predicted molar refractivity (Wildman–Crippen MR) is 151 cm³/mol. The maximum Gasteiger partial charge on any atom is 0.239 e. The summed E-state index contributed by atoms with van der Waals surface area (Å²) in [6, 6.07) is 19.3. The Bertz CT molecular complexity index is 1550. The van der Waals surface area contributed by atoms with Crippen molar-refractivity contribution in [1.82, 2.24) is 9.97 Å². The minimum Gasteiger partial charge on any atom is -0.494 e. The standard InChI is InChI=1S/C28H24N6O2S2/c1-4-36-20-11-9-18(10-12-20)23-15-37-28(32-23)34-26(35)17(3)38-27-22(14-30)24(21(13-29)25(31)33-27)19-7-5-16(2)6-8-19/h5-12,15,17H,4H2,1-3H3,(H2,31,33)(H,32,34,35). The van der Waals surface area contributed by atoms with E-state index in [1.807, 2.05) is 67.8 Å². The summed E-state index contributed by atoms with van der Waals surface area (Å²) < 4.78 is 5.48. The highest BCUT2D eigenvalue weighted by atomic mass is 32.2. The first-order valence-electron chi connectivity index (χ1n) is 11.7. The lowest BCUT2D eigenvalue weighted by atomic mass is 9.96. The highest BCUT2D eigenvalue weighted by Crippen LogP contribution is 2.37. The molecule has 1 atom stereocenters. The van der Waals surface area contributed by atoms with Crippen LogP contribution in [-0.4, -0.2) is 27.7 Å². The summed E-state index contributed by atoms with van der Waals surface area (Å²) in [4.78, 5) is 21.8. The van der Waals surface area contributed by atoms with Gasteiger partial charge in [-0.2, -0.15) is 10.5 Å². The molecule has 0 spiro atoms. The monoisotopic (exact) mass is 540 g/mol. The average Bonchev–Trinajstić information content (AvgIpc) is 3.38. The molecular formula is C28H24N6O2S2. The van der Waals surface area contributed by atoms with E-state index in [9.17, 15) is 15.3 Å². The minimum atomic E-state index is -0.620. The van der Waals surface area contributed by atoms with Crippen LogP contribution in [0, 0.1) is 29.6 Å². The smallest absolute Gasteiger partial charge is 0.239 e. The number of nitrogen functional groups attached to an aromatic ring is 1. The second kappa shape index (κ2) is 11.8. The molecule has 0 radical (unpaired) electrons. The van der Waals surface area contributed by atoms with Crippen LogP contribution >= 0.6 is 23.1 Å². The summed E-state index contributed by atoms with van der Waals surface area (Å²) in [6.07, 6.45) is 0. The zero-order chi connectivity index (χ0) is 27.2. The van der Waals surface area contributed by atoms with Gasteiger partial charge in [0, 0.05) is 16.5 Å². The van der Waals surface area contributed by atoms with Crippen molar-refractivity contribution in [2.24, 2.45) is 0 Å². The third-order valence-corrected chi connectivity index (χ3v) is 7.45. The fourth-order valence-corrected chi connectivity index (χ4v) is 5.31. The Kier molecular flexibility index (Phi) is 8.27. The summed E-state index contributed by atoms with van der Waals surface area (Å²) in [5.74, 6) is 0.496. The second-order valence-electron chi connectivity index (χ2n) is 8.26. The largest absolute Gasteiger partial charge is 0.494 e. The molecule has 0 saturated carbocycles. The summed E-state index contributed by atoms with van der Waals surface area (Å²) in [7, 11) is 0. The molecule has 10 heteroatoms. The quantitative estimate of drug-likeness (QED) is 0.259. The zero-order valence-electron chi connectivity index (χ0n) is 21.0. The molecule has 4 rings (SSSR count). The molecule has 38 heavy (non-hydrogen) atoms. The maximum absolute atomic E-state index is 13.0. The Labute approximate surface area is 229 Å². The second-order valence-corrected chi connectivity index (χ2v) is 10.4. The van der Waals surface area contributed by atoms with Gasteiger partial charge in [-0.15, -0.1) is 11.3 Å². The molecule has 0 fully saturated rings. The normalized spacial score (nSPS) is 11.3. The first-order chi connectivity index (χ1) is 18.3. The van der Waals surface area contributed by atoms with Crippen LogP contribution in [0.25, 0.3) is 22.4 Å². The number of aryl methyl sites for hydroxylation is 1. The maximum atomic E-state index is 13.0. The van der Waals surface area contributed by atoms with Crippen LogP contribution in [0.2, 0.25) is 0 Å². The Morgan fingerprint density at radius 1 is 1.08 bits per heavy atom. The number of aromatic nitrogens is 2. The molecule has 2 aromatic heterocycles. The van der Waals surface area contributed by atoms with Gasteiger partial charge in [0.2, 0.25) is 5.91 Å². The van der Waals surface area contributed by atoms with Gasteiger partial charge in [0.1, 0.15) is 34.3 Å². The molecule has 0 aliphatic rings. The number of benzene rings is 2. The third-order valence-electron chi connectivity index (χ3n) is 5.61. The van der Waals surface area contributed by atoms with E-state index >= 15 is 0 Å². The molecule has 8 nitrogen and oxygen atoms in total. The number of hydrogen-bond donors (Lipinski definition) is 2. The number of nitrogens with one attached hydrogen (secondary N) is 1. The van der Waals surface area contributed by atoms with Crippen molar-refractivity contribution in [2.45, 2.75) is 31.0 Å². The molecule has 2 heterocycles. The Balaban J connectivity index is 1.54. The molecule has 4 aromatic rings. The highest BCUT2D eigenvalue weighted by molar-refractivity contribution is 8.00. The molecule has 1 unspecified atom stereocenters. The fourth-order valence-electron chi connectivity index (χ4n) is 3.67. The third kappa shape index (κ3) is 5.78. The zero-order valence-corrected chi connectivity index (χ0v) is 22.6. The van der Waals surface area contributed by atoms with Crippen LogP contribution in [0.1, 0.15) is 30.5 Å². The summed E-state index contributed by atoms with van der Waals surface area (Å²) >= 11 is 2.42. The van der Waals surface area contributed by atoms with Gasteiger partial charge < -0.3 is 15.8 Å². The lowest BCUT2D eigenvalue weighted by molar-refractivity contribution is -0.115. The molecule has 3 N–H and O–H groups in total. The summed E-state index contributed by atoms with van der Waals surface area (Å²) in [5.41, 5.74) is 10.2. The van der Waals surface area contributed by atoms with Crippen LogP contribution in [0.15, 0.2) is 58.9 Å². The number of pyridine rings is 1. The van der Waals surface area contributed by atoms with E-state index in [0.717, 1.165) is 34.3 Å². The Hall–Kier alpha value is -4.38. The van der Waals surface area contributed by atoms with E-state index < -0.39 is 5.25 Å². The molecule has 0 saturated heterocycles. The highest BCUT2D eigenvalue weighted by Gasteiger charge is 2.24. The first-order valence-corrected chi connectivity index (χ1v) is 13.5. The van der Waals surface area contributed by atoms with Gasteiger partial charge in [-0.3, -0.25) is 4.79 Å². The van der Waals surface area contributed by atoms with Crippen molar-refractivity contribution in [3.63, 3.8) is 0 Å². The van der Waals surface area contributed by atoms with Gasteiger partial charge in [0.15, 0.2) is 5.13 Å². The van der Waals surface area contributed by atoms with E-state index in [1.165, 1.54) is 11.3 Å². The van der Waals surface area contributed by atoms with E-state index in [2.05, 4.69) is 27.4 Å². The molecule has 0 bridgehead atoms. The topological polar surface area (TPSA) is 138 Å². The number of hydrogen-bond acceptors (Lipinski definition) is 9. The number of carbonyl (C=O) groups excluding carboxylic acids is 1. The molecule has 0 aliphatic carbocycles. The number of nitrogens with zero attached hydrogens (tertiary/aromatic N) is 4. The van der Waals surface area contributed by atoms with Gasteiger partial charge in [-0.25, -0.2) is 9.97 Å². The van der Waals surface area contributed by atoms with Crippen LogP contribution in [0.3, 0.4) is 0 Å². The summed E-state index contributed by atoms with van der Waals surface area (Å²) in [6.45, 7) is 6.19. The number of ether oxygens (including phenoxy) is 1. The molecular weight excluding hydrogens is 516 g/mol. The summed E-state index contributed by atoms with van der Waals surface area (Å²) in [5, 5.41) is 24.6. The lowest BCUT2D eigenvalue weighted by Crippen LogP contribution is -2.22. The number of thioether (sulfide) groups is 1. The first kappa shape index (κ1) is 26.7. The molecule has 1 amide bonds. The van der Waals surface area contributed by atoms with Crippen molar-refractivity contribution in [3.8, 4) is 40.3 Å². The van der Waals surface area contributed by atoms with E-state index in [4.69, 9.17) is 10.5 Å². The van der Waals surface area contributed by atoms with Crippen LogP contribution in [0.5, 0.6) is 5.75 Å². The van der Waals surface area contributed by atoms with Crippen molar-refractivity contribution in [2.75, 3.05) is 17.7 Å². The van der Waals surface area contributed by atoms with Crippen molar-refractivity contribution in [1.29, 1.82) is 10.5 Å². The van der Waals surface area contributed by atoms with Gasteiger partial charge in [-0.05, 0) is 50.6 Å².